The molecule has 2 aromatic rings. The highest BCUT2D eigenvalue weighted by molar-refractivity contribution is 7.92. The lowest BCUT2D eigenvalue weighted by atomic mass is 10.00. The molecule has 6 nitrogen and oxygen atoms in total. The van der Waals surface area contributed by atoms with Gasteiger partial charge in [0.05, 0.1) is 16.7 Å². The van der Waals surface area contributed by atoms with Gasteiger partial charge in [-0.25, -0.2) is 13.4 Å². The first-order valence-electron chi connectivity index (χ1n) is 8.38. The summed E-state index contributed by atoms with van der Waals surface area (Å²) in [5.74, 6) is 0.515. The first-order valence-corrected chi connectivity index (χ1v) is 10.1. The van der Waals surface area contributed by atoms with Gasteiger partial charge in [-0.3, -0.25) is 4.90 Å². The van der Waals surface area contributed by atoms with Crippen molar-refractivity contribution >= 4 is 15.5 Å². The van der Waals surface area contributed by atoms with Crippen LogP contribution in [-0.2, 0) is 16.4 Å². The van der Waals surface area contributed by atoms with Gasteiger partial charge < -0.3 is 9.30 Å². The van der Waals surface area contributed by atoms with Gasteiger partial charge in [0.25, 0.3) is 0 Å². The third-order valence-corrected chi connectivity index (χ3v) is 7.67. The van der Waals surface area contributed by atoms with Gasteiger partial charge in [0.2, 0.25) is 0 Å². The van der Waals surface area contributed by atoms with Gasteiger partial charge in [0.1, 0.15) is 5.65 Å². The molecule has 2 aliphatic heterocycles. The third-order valence-electron chi connectivity index (χ3n) is 5.44. The van der Waals surface area contributed by atoms with Crippen molar-refractivity contribution in [1.82, 2.24) is 19.2 Å². The Morgan fingerprint density at radius 1 is 1.25 bits per heavy atom. The highest BCUT2D eigenvalue weighted by Crippen LogP contribution is 2.36. The van der Waals surface area contributed by atoms with Crippen molar-refractivity contribution in [3.8, 4) is 0 Å². The van der Waals surface area contributed by atoms with Crippen molar-refractivity contribution in [2.24, 2.45) is 5.92 Å². The van der Waals surface area contributed by atoms with Gasteiger partial charge >= 0.3 is 0 Å². The largest absolute Gasteiger partial charge is 0.307 e. The summed E-state index contributed by atoms with van der Waals surface area (Å²) in [5, 5.41) is -0.218. The Hall–Kier alpha value is -1.44. The predicted molar refractivity (Wildman–Crippen MR) is 93.7 cm³/mol. The molecule has 0 amide bonds. The summed E-state index contributed by atoms with van der Waals surface area (Å²) in [6.07, 6.45) is 4.12. The zero-order valence-electron chi connectivity index (χ0n) is 14.4. The monoisotopic (exact) mass is 348 g/mol. The molecule has 7 heteroatoms. The van der Waals surface area contributed by atoms with Crippen LogP contribution in [0, 0.1) is 12.8 Å². The number of pyridine rings is 1. The molecule has 2 aliphatic rings. The van der Waals surface area contributed by atoms with Gasteiger partial charge in [-0.05, 0) is 32.6 Å². The Morgan fingerprint density at radius 2 is 2.04 bits per heavy atom. The number of rotatable bonds is 3. The maximum absolute atomic E-state index is 12.5. The van der Waals surface area contributed by atoms with E-state index in [1.165, 1.54) is 5.56 Å². The third kappa shape index (κ3) is 2.64. The van der Waals surface area contributed by atoms with E-state index in [0.29, 0.717) is 18.8 Å². The molecule has 0 radical (unpaired) electrons. The molecule has 24 heavy (non-hydrogen) atoms. The minimum atomic E-state index is -2.98. The Morgan fingerprint density at radius 3 is 2.79 bits per heavy atom. The van der Waals surface area contributed by atoms with Gasteiger partial charge in [-0.2, -0.15) is 0 Å². The number of fused-ring (bicyclic) bond motifs is 2. The molecule has 2 saturated heterocycles. The molecule has 0 N–H and O–H groups in total. The van der Waals surface area contributed by atoms with Crippen LogP contribution in [0.15, 0.2) is 24.5 Å². The van der Waals surface area contributed by atoms with E-state index >= 15 is 0 Å². The van der Waals surface area contributed by atoms with E-state index in [9.17, 15) is 8.42 Å². The van der Waals surface area contributed by atoms with Crippen LogP contribution in [0.1, 0.15) is 11.3 Å². The van der Waals surface area contributed by atoms with Crippen LogP contribution in [0.4, 0.5) is 0 Å². The standard InChI is InChI=1S/C17H24N4O2S/c1-12-4-5-17-18-13(8-21(17)6-12)7-20-9-14-15(19(2)3)11-24(22,23)16(14)10-20/h4-6,8,14-16H,7,9-11H2,1-3H3/t14-,15+,16-/m0/s1. The van der Waals surface area contributed by atoms with Crippen LogP contribution in [-0.4, -0.2) is 71.8 Å². The zero-order valence-corrected chi connectivity index (χ0v) is 15.2. The first kappa shape index (κ1) is 16.1. The summed E-state index contributed by atoms with van der Waals surface area (Å²) in [6, 6.07) is 4.21. The first-order chi connectivity index (χ1) is 11.3. The molecule has 4 heterocycles. The molecule has 0 aliphatic carbocycles. The summed E-state index contributed by atoms with van der Waals surface area (Å²) in [5.41, 5.74) is 3.13. The SMILES string of the molecule is Cc1ccc2nc(CN3C[C@H]4[C@H](N(C)C)CS(=O)(=O)[C@H]4C3)cn2c1. The van der Waals surface area contributed by atoms with Crippen molar-refractivity contribution in [2.45, 2.75) is 24.8 Å². The maximum Gasteiger partial charge on any atom is 0.156 e. The lowest BCUT2D eigenvalue weighted by Gasteiger charge is -2.24. The van der Waals surface area contributed by atoms with Gasteiger partial charge in [-0.1, -0.05) is 6.07 Å². The smallest absolute Gasteiger partial charge is 0.156 e. The number of hydrogen-bond donors (Lipinski definition) is 0. The Balaban J connectivity index is 1.54. The fourth-order valence-corrected chi connectivity index (χ4v) is 6.74. The number of aromatic nitrogens is 2. The lowest BCUT2D eigenvalue weighted by Crippen LogP contribution is -2.37. The van der Waals surface area contributed by atoms with Crippen molar-refractivity contribution in [3.63, 3.8) is 0 Å². The zero-order chi connectivity index (χ0) is 17.1. The molecular weight excluding hydrogens is 324 g/mol. The average molecular weight is 348 g/mol. The minimum Gasteiger partial charge on any atom is -0.307 e. The second-order valence-electron chi connectivity index (χ2n) is 7.46. The summed E-state index contributed by atoms with van der Waals surface area (Å²) in [4.78, 5) is 8.98. The number of aryl methyl sites for hydroxylation is 1. The summed E-state index contributed by atoms with van der Waals surface area (Å²) in [6.45, 7) is 4.24. The molecule has 0 aromatic carbocycles. The molecular formula is C17H24N4O2S. The highest BCUT2D eigenvalue weighted by atomic mass is 32.2. The number of imidazole rings is 1. The van der Waals surface area contributed by atoms with E-state index in [2.05, 4.69) is 34.0 Å². The topological polar surface area (TPSA) is 57.9 Å². The molecule has 130 valence electrons. The highest BCUT2D eigenvalue weighted by Gasteiger charge is 2.52. The molecule has 3 atom stereocenters. The average Bonchev–Trinajstić information content (AvgIpc) is 3.13. The summed E-state index contributed by atoms with van der Waals surface area (Å²) < 4.78 is 27.0. The number of likely N-dealkylation sites (tertiary alicyclic amines) is 1. The molecule has 0 spiro atoms. The maximum atomic E-state index is 12.5. The Kier molecular flexibility index (Phi) is 3.71. The minimum absolute atomic E-state index is 0.133. The fourth-order valence-electron chi connectivity index (χ4n) is 4.24. The second-order valence-corrected chi connectivity index (χ2v) is 9.73. The van der Waals surface area contributed by atoms with Crippen molar-refractivity contribution < 1.29 is 8.42 Å². The van der Waals surface area contributed by atoms with Gasteiger partial charge in [-0.15, -0.1) is 0 Å². The molecule has 2 fully saturated rings. The Labute approximate surface area is 143 Å². The van der Waals surface area contributed by atoms with Crippen molar-refractivity contribution in [3.05, 3.63) is 35.8 Å². The summed E-state index contributed by atoms with van der Waals surface area (Å²) in [7, 11) is 0.981. The number of sulfone groups is 1. The lowest BCUT2D eigenvalue weighted by molar-refractivity contribution is 0.229. The van der Waals surface area contributed by atoms with Crippen LogP contribution in [0.2, 0.25) is 0 Å². The van der Waals surface area contributed by atoms with Crippen LogP contribution >= 0.6 is 0 Å². The van der Waals surface area contributed by atoms with E-state index in [0.717, 1.165) is 17.9 Å². The van der Waals surface area contributed by atoms with Crippen LogP contribution < -0.4 is 0 Å². The molecule has 0 bridgehead atoms. The normalized spacial score (nSPS) is 29.6. The second kappa shape index (κ2) is 5.54. The van der Waals surface area contributed by atoms with E-state index < -0.39 is 9.84 Å². The van der Waals surface area contributed by atoms with Crippen molar-refractivity contribution in [1.29, 1.82) is 0 Å². The van der Waals surface area contributed by atoms with E-state index in [1.54, 1.807) is 0 Å². The molecule has 2 aromatic heterocycles. The van der Waals surface area contributed by atoms with E-state index in [-0.39, 0.29) is 17.2 Å². The number of nitrogens with zero attached hydrogens (tertiary/aromatic N) is 4. The van der Waals surface area contributed by atoms with E-state index in [4.69, 9.17) is 0 Å². The van der Waals surface area contributed by atoms with Gasteiger partial charge in [0, 0.05) is 44.0 Å². The fraction of sp³-hybridized carbons (Fsp3) is 0.588. The van der Waals surface area contributed by atoms with Crippen LogP contribution in [0.5, 0.6) is 0 Å². The summed E-state index contributed by atoms with van der Waals surface area (Å²) >= 11 is 0. The quantitative estimate of drug-likeness (QED) is 0.821. The molecule has 0 unspecified atom stereocenters. The molecule has 4 rings (SSSR count). The Bertz CT molecular complexity index is 874. The van der Waals surface area contributed by atoms with E-state index in [1.807, 2.05) is 30.8 Å². The number of hydrogen-bond acceptors (Lipinski definition) is 5. The predicted octanol–water partition coefficient (Wildman–Crippen LogP) is 0.802. The van der Waals surface area contributed by atoms with Crippen LogP contribution in [0.25, 0.3) is 5.65 Å². The van der Waals surface area contributed by atoms with Gasteiger partial charge in [0.15, 0.2) is 9.84 Å². The van der Waals surface area contributed by atoms with Crippen molar-refractivity contribution in [2.75, 3.05) is 32.9 Å². The van der Waals surface area contributed by atoms with Crippen LogP contribution in [0.3, 0.4) is 0 Å². The molecule has 0 saturated carbocycles.